The third-order valence-corrected chi connectivity index (χ3v) is 9.34. The van der Waals surface area contributed by atoms with Crippen molar-refractivity contribution in [2.75, 3.05) is 11.5 Å². The van der Waals surface area contributed by atoms with Crippen molar-refractivity contribution in [2.24, 2.45) is 0 Å². The van der Waals surface area contributed by atoms with Crippen molar-refractivity contribution in [2.45, 2.75) is 43.0 Å². The summed E-state index contributed by atoms with van der Waals surface area (Å²) in [5.41, 5.74) is 3.16. The van der Waals surface area contributed by atoms with E-state index in [1.807, 2.05) is 38.1 Å². The number of aryl methyl sites for hydroxylation is 2. The van der Waals surface area contributed by atoms with E-state index in [0.717, 1.165) is 23.1 Å². The molecular weight excluding hydrogens is 382 g/mol. The van der Waals surface area contributed by atoms with Crippen LogP contribution in [0.4, 0.5) is 0 Å². The maximum Gasteiger partial charge on any atom is 0.183 e. The molecule has 27 heavy (non-hydrogen) atoms. The molecule has 1 N–H and O–H groups in total. The predicted octanol–water partition coefficient (Wildman–Crippen LogP) is 2.29. The fourth-order valence-electron chi connectivity index (χ4n) is 3.45. The van der Waals surface area contributed by atoms with Crippen LogP contribution in [0.2, 0.25) is 0 Å². The van der Waals surface area contributed by atoms with Gasteiger partial charge in [0.15, 0.2) is 19.7 Å². The van der Waals surface area contributed by atoms with Crippen LogP contribution in [0.15, 0.2) is 53.4 Å². The molecule has 7 heteroatoms. The van der Waals surface area contributed by atoms with E-state index in [4.69, 9.17) is 0 Å². The van der Waals surface area contributed by atoms with Gasteiger partial charge in [0.2, 0.25) is 0 Å². The summed E-state index contributed by atoms with van der Waals surface area (Å²) in [5.74, 6) is -0.494. The third-order valence-electron chi connectivity index (χ3n) is 5.18. The van der Waals surface area contributed by atoms with Crippen molar-refractivity contribution in [1.82, 2.24) is 5.32 Å². The van der Waals surface area contributed by atoms with Crippen molar-refractivity contribution in [3.63, 3.8) is 0 Å². The molecule has 146 valence electrons. The van der Waals surface area contributed by atoms with E-state index in [1.165, 1.54) is 0 Å². The van der Waals surface area contributed by atoms with Crippen molar-refractivity contribution < 1.29 is 16.8 Å². The van der Waals surface area contributed by atoms with Crippen LogP contribution in [-0.4, -0.2) is 39.6 Å². The van der Waals surface area contributed by atoms with Crippen molar-refractivity contribution >= 4 is 19.7 Å². The number of rotatable bonds is 6. The normalized spacial score (nSPS) is 22.0. The molecule has 0 amide bonds. The van der Waals surface area contributed by atoms with E-state index in [0.29, 0.717) is 6.54 Å². The predicted molar refractivity (Wildman–Crippen MR) is 107 cm³/mol. The largest absolute Gasteiger partial charge is 0.308 e. The van der Waals surface area contributed by atoms with Gasteiger partial charge in [0.25, 0.3) is 0 Å². The highest BCUT2D eigenvalue weighted by molar-refractivity contribution is 7.96. The Morgan fingerprint density at radius 1 is 1.04 bits per heavy atom. The van der Waals surface area contributed by atoms with Crippen LogP contribution in [0.25, 0.3) is 0 Å². The summed E-state index contributed by atoms with van der Waals surface area (Å²) in [6, 6.07) is 13.9. The van der Waals surface area contributed by atoms with Gasteiger partial charge in [0.1, 0.15) is 0 Å². The summed E-state index contributed by atoms with van der Waals surface area (Å²) in [7, 11) is -7.14. The van der Waals surface area contributed by atoms with E-state index in [-0.39, 0.29) is 16.4 Å². The Bertz CT molecular complexity index is 1010. The highest BCUT2D eigenvalue weighted by Gasteiger charge is 2.45. The zero-order valence-electron chi connectivity index (χ0n) is 15.6. The number of hydrogen-bond donors (Lipinski definition) is 1. The van der Waals surface area contributed by atoms with Crippen LogP contribution in [0.5, 0.6) is 0 Å². The lowest BCUT2D eigenvalue weighted by atomic mass is 10.1. The molecule has 2 aromatic carbocycles. The molecule has 0 radical (unpaired) electrons. The second-order valence-electron chi connectivity index (χ2n) is 7.07. The van der Waals surface area contributed by atoms with Gasteiger partial charge in [0, 0.05) is 12.6 Å². The SMILES string of the molecule is CCc1ccc(S(=O)(=O)[C@@H]2CS(=O)(=O)C[C@H]2NCc2ccccc2C)cc1. The van der Waals surface area contributed by atoms with Crippen molar-refractivity contribution in [3.8, 4) is 0 Å². The molecule has 1 aliphatic heterocycles. The summed E-state index contributed by atoms with van der Waals surface area (Å²) in [5, 5.41) is 2.21. The molecule has 1 saturated heterocycles. The van der Waals surface area contributed by atoms with Crippen LogP contribution >= 0.6 is 0 Å². The minimum absolute atomic E-state index is 0.157. The van der Waals surface area contributed by atoms with Crippen molar-refractivity contribution in [1.29, 1.82) is 0 Å². The van der Waals surface area contributed by atoms with Crippen LogP contribution in [0.3, 0.4) is 0 Å². The minimum Gasteiger partial charge on any atom is -0.308 e. The van der Waals surface area contributed by atoms with Gasteiger partial charge in [0.05, 0.1) is 21.7 Å². The fourth-order valence-corrected chi connectivity index (χ4v) is 8.17. The van der Waals surface area contributed by atoms with Gasteiger partial charge in [-0.05, 0) is 42.2 Å². The standard InChI is InChI=1S/C20H25NO4S2/c1-3-16-8-10-18(11-9-16)27(24,25)20-14-26(22,23)13-19(20)21-12-17-7-5-4-6-15(17)2/h4-11,19-21H,3,12-14H2,1-2H3/t19-,20-/m1/s1. The molecule has 0 aliphatic carbocycles. The Hall–Kier alpha value is -1.70. The van der Waals surface area contributed by atoms with Gasteiger partial charge in [-0.25, -0.2) is 16.8 Å². The molecular formula is C20H25NO4S2. The van der Waals surface area contributed by atoms with E-state index in [2.05, 4.69) is 5.32 Å². The van der Waals surface area contributed by atoms with Gasteiger partial charge in [-0.1, -0.05) is 43.3 Å². The monoisotopic (exact) mass is 407 g/mol. The summed E-state index contributed by atoms with van der Waals surface area (Å²) in [4.78, 5) is 0.185. The summed E-state index contributed by atoms with van der Waals surface area (Å²) < 4.78 is 50.6. The average molecular weight is 408 g/mol. The van der Waals surface area contributed by atoms with E-state index < -0.39 is 31.0 Å². The molecule has 1 fully saturated rings. The number of benzene rings is 2. The molecule has 1 aliphatic rings. The Balaban J connectivity index is 1.85. The van der Waals surface area contributed by atoms with Crippen LogP contribution in [0.1, 0.15) is 23.6 Å². The van der Waals surface area contributed by atoms with Crippen LogP contribution < -0.4 is 5.32 Å². The Labute approximate surface area is 161 Å². The lowest BCUT2D eigenvalue weighted by Gasteiger charge is -2.20. The molecule has 2 atom stereocenters. The first-order chi connectivity index (χ1) is 12.7. The molecule has 0 bridgehead atoms. The van der Waals surface area contributed by atoms with E-state index in [9.17, 15) is 16.8 Å². The maximum atomic E-state index is 13.1. The van der Waals surface area contributed by atoms with E-state index >= 15 is 0 Å². The number of sulfone groups is 2. The van der Waals surface area contributed by atoms with Gasteiger partial charge in [-0.15, -0.1) is 0 Å². The zero-order valence-corrected chi connectivity index (χ0v) is 17.2. The molecule has 1 heterocycles. The molecule has 3 rings (SSSR count). The lowest BCUT2D eigenvalue weighted by Crippen LogP contribution is -2.43. The number of hydrogen-bond acceptors (Lipinski definition) is 5. The second-order valence-corrected chi connectivity index (χ2v) is 11.4. The van der Waals surface area contributed by atoms with Crippen molar-refractivity contribution in [3.05, 3.63) is 65.2 Å². The summed E-state index contributed by atoms with van der Waals surface area (Å²) in [6.45, 7) is 4.41. The first-order valence-corrected chi connectivity index (χ1v) is 12.4. The third kappa shape index (κ3) is 4.42. The Morgan fingerprint density at radius 2 is 1.70 bits per heavy atom. The Morgan fingerprint density at radius 3 is 2.33 bits per heavy atom. The first-order valence-electron chi connectivity index (χ1n) is 9.04. The quantitative estimate of drug-likeness (QED) is 0.795. The molecule has 2 aromatic rings. The van der Waals surface area contributed by atoms with Crippen LogP contribution in [-0.2, 0) is 32.6 Å². The molecule has 0 aromatic heterocycles. The average Bonchev–Trinajstić information content (AvgIpc) is 2.96. The highest BCUT2D eigenvalue weighted by Crippen LogP contribution is 2.26. The second kappa shape index (κ2) is 7.73. The van der Waals surface area contributed by atoms with Gasteiger partial charge in [-0.3, -0.25) is 0 Å². The topological polar surface area (TPSA) is 80.3 Å². The molecule has 0 saturated carbocycles. The lowest BCUT2D eigenvalue weighted by molar-refractivity contribution is 0.525. The smallest absolute Gasteiger partial charge is 0.183 e. The van der Waals surface area contributed by atoms with Crippen LogP contribution in [0, 0.1) is 6.92 Å². The molecule has 0 unspecified atom stereocenters. The molecule has 0 spiro atoms. The fraction of sp³-hybridized carbons (Fsp3) is 0.400. The highest BCUT2D eigenvalue weighted by atomic mass is 32.2. The molecule has 5 nitrogen and oxygen atoms in total. The van der Waals surface area contributed by atoms with E-state index in [1.54, 1.807) is 24.3 Å². The zero-order chi connectivity index (χ0) is 19.7. The number of nitrogens with one attached hydrogen (secondary N) is 1. The minimum atomic E-state index is -3.74. The first kappa shape index (κ1) is 20.0. The van der Waals surface area contributed by atoms with Gasteiger partial charge in [-0.2, -0.15) is 0 Å². The van der Waals surface area contributed by atoms with Gasteiger partial charge >= 0.3 is 0 Å². The maximum absolute atomic E-state index is 13.1. The Kier molecular flexibility index (Phi) is 5.74. The van der Waals surface area contributed by atoms with Gasteiger partial charge < -0.3 is 5.32 Å². The summed E-state index contributed by atoms with van der Waals surface area (Å²) in [6.07, 6.45) is 0.818. The summed E-state index contributed by atoms with van der Waals surface area (Å²) >= 11 is 0.